The lowest BCUT2D eigenvalue weighted by atomic mass is 10.3. The van der Waals surface area contributed by atoms with Gasteiger partial charge in [0.05, 0.1) is 15.2 Å². The number of aromatic nitrogens is 1. The van der Waals surface area contributed by atoms with Crippen LogP contribution in [-0.2, 0) is 0 Å². The molecule has 6 heteroatoms. The van der Waals surface area contributed by atoms with E-state index in [1.807, 2.05) is 0 Å². The number of benzene rings is 1. The molecule has 0 aliphatic carbocycles. The minimum atomic E-state index is -0.366. The molecular weight excluding hydrogens is 310 g/mol. The van der Waals surface area contributed by atoms with Crippen LogP contribution in [0.3, 0.4) is 0 Å². The molecule has 2 rings (SSSR count). The van der Waals surface area contributed by atoms with Crippen molar-refractivity contribution in [2.45, 2.75) is 0 Å². The lowest BCUT2D eigenvalue weighted by molar-refractivity contribution is 0.463. The molecule has 0 amide bonds. The van der Waals surface area contributed by atoms with E-state index in [1.165, 1.54) is 30.5 Å². The van der Waals surface area contributed by atoms with Crippen LogP contribution in [-0.4, -0.2) is 4.98 Å². The zero-order valence-electron chi connectivity index (χ0n) is 8.45. The maximum absolute atomic E-state index is 13.0. The number of pyridine rings is 1. The van der Waals surface area contributed by atoms with E-state index in [1.54, 1.807) is 0 Å². The van der Waals surface area contributed by atoms with Gasteiger partial charge in [0.2, 0.25) is 5.88 Å². The predicted octanol–water partition coefficient (Wildman–Crippen LogP) is 4.01. The number of rotatable bonds is 2. The van der Waals surface area contributed by atoms with Crippen LogP contribution in [0.5, 0.6) is 11.6 Å². The first-order valence-corrected chi connectivity index (χ1v) is 5.77. The van der Waals surface area contributed by atoms with Crippen molar-refractivity contribution < 1.29 is 9.13 Å². The van der Waals surface area contributed by atoms with E-state index >= 15 is 0 Å². The first-order chi connectivity index (χ1) is 8.06. The topological polar surface area (TPSA) is 48.1 Å². The van der Waals surface area contributed by atoms with E-state index in [9.17, 15) is 4.39 Å². The number of anilines is 1. The minimum Gasteiger partial charge on any atom is -0.437 e. The average molecular weight is 318 g/mol. The molecule has 2 N–H and O–H groups in total. The molecule has 1 aromatic carbocycles. The smallest absolute Gasteiger partial charge is 0.242 e. The van der Waals surface area contributed by atoms with Gasteiger partial charge in [0.25, 0.3) is 0 Å². The summed E-state index contributed by atoms with van der Waals surface area (Å²) in [6, 6.07) is 5.79. The molecule has 1 heterocycles. The summed E-state index contributed by atoms with van der Waals surface area (Å²) in [5.41, 5.74) is 6.00. The van der Waals surface area contributed by atoms with Crippen molar-refractivity contribution in [2.24, 2.45) is 0 Å². The predicted molar refractivity (Wildman–Crippen MR) is 67.8 cm³/mol. The molecule has 17 heavy (non-hydrogen) atoms. The van der Waals surface area contributed by atoms with Crippen LogP contribution in [0.15, 0.2) is 34.9 Å². The number of nitrogens with two attached hydrogens (primary N) is 1. The maximum Gasteiger partial charge on any atom is 0.242 e. The molecule has 0 unspecified atom stereocenters. The molecule has 0 bridgehead atoms. The lowest BCUT2D eigenvalue weighted by Gasteiger charge is -2.07. The SMILES string of the molecule is Nc1cc(Cl)cnc1Oc1ccc(F)c(Br)c1. The molecule has 0 atom stereocenters. The third-order valence-electron chi connectivity index (χ3n) is 1.95. The number of hydrogen-bond acceptors (Lipinski definition) is 3. The van der Waals surface area contributed by atoms with Gasteiger partial charge in [-0.3, -0.25) is 0 Å². The quantitative estimate of drug-likeness (QED) is 0.910. The fourth-order valence-electron chi connectivity index (χ4n) is 1.18. The zero-order valence-corrected chi connectivity index (χ0v) is 10.8. The first kappa shape index (κ1) is 12.1. The monoisotopic (exact) mass is 316 g/mol. The highest BCUT2D eigenvalue weighted by Gasteiger charge is 2.06. The number of hydrogen-bond donors (Lipinski definition) is 1. The molecule has 3 nitrogen and oxygen atoms in total. The van der Waals surface area contributed by atoms with Gasteiger partial charge >= 0.3 is 0 Å². The molecule has 1 aromatic heterocycles. The van der Waals surface area contributed by atoms with E-state index in [4.69, 9.17) is 22.1 Å². The van der Waals surface area contributed by atoms with Crippen molar-refractivity contribution in [3.8, 4) is 11.6 Å². The van der Waals surface area contributed by atoms with E-state index in [2.05, 4.69) is 20.9 Å². The number of nitrogen functional groups attached to an aromatic ring is 1. The summed E-state index contributed by atoms with van der Waals surface area (Å²) in [5.74, 6) is 0.294. The van der Waals surface area contributed by atoms with Gasteiger partial charge in [0.1, 0.15) is 11.6 Å². The fourth-order valence-corrected chi connectivity index (χ4v) is 1.70. The standard InChI is InChI=1S/C11H7BrClFN2O/c12-8-4-7(1-2-9(8)14)17-11-10(15)3-6(13)5-16-11/h1-5H,15H2. The minimum absolute atomic E-state index is 0.230. The summed E-state index contributed by atoms with van der Waals surface area (Å²) >= 11 is 8.77. The van der Waals surface area contributed by atoms with Crippen LogP contribution in [0.4, 0.5) is 10.1 Å². The Bertz CT molecular complexity index is 565. The number of ether oxygens (including phenoxy) is 1. The van der Waals surface area contributed by atoms with Gasteiger partial charge in [0, 0.05) is 6.20 Å². The normalized spacial score (nSPS) is 10.3. The molecule has 88 valence electrons. The molecule has 2 aromatic rings. The summed E-state index contributed by atoms with van der Waals surface area (Å²) in [4.78, 5) is 3.94. The van der Waals surface area contributed by atoms with Crippen LogP contribution in [0.2, 0.25) is 5.02 Å². The Labute approximate surface area is 110 Å². The van der Waals surface area contributed by atoms with Gasteiger partial charge in [-0.2, -0.15) is 0 Å². The van der Waals surface area contributed by atoms with Gasteiger partial charge in [-0.1, -0.05) is 11.6 Å². The Kier molecular flexibility index (Phi) is 3.49. The van der Waals surface area contributed by atoms with Crippen LogP contribution in [0.25, 0.3) is 0 Å². The van der Waals surface area contributed by atoms with Crippen LogP contribution < -0.4 is 10.5 Å². The van der Waals surface area contributed by atoms with Crippen LogP contribution >= 0.6 is 27.5 Å². The maximum atomic E-state index is 13.0. The molecule has 0 spiro atoms. The number of halogens is 3. The molecule has 0 fully saturated rings. The molecule has 0 aliphatic heterocycles. The van der Waals surface area contributed by atoms with Gasteiger partial charge in [-0.05, 0) is 40.2 Å². The third-order valence-corrected chi connectivity index (χ3v) is 2.77. The number of nitrogens with zero attached hydrogens (tertiary/aromatic N) is 1. The van der Waals surface area contributed by atoms with E-state index in [0.29, 0.717) is 20.9 Å². The summed E-state index contributed by atoms with van der Waals surface area (Å²) in [7, 11) is 0. The fraction of sp³-hybridized carbons (Fsp3) is 0. The van der Waals surface area contributed by atoms with E-state index in [0.717, 1.165) is 0 Å². The van der Waals surface area contributed by atoms with E-state index < -0.39 is 0 Å². The highest BCUT2D eigenvalue weighted by molar-refractivity contribution is 9.10. The lowest BCUT2D eigenvalue weighted by Crippen LogP contribution is -1.95. The van der Waals surface area contributed by atoms with Crippen LogP contribution in [0, 0.1) is 5.82 Å². The molecule has 0 radical (unpaired) electrons. The summed E-state index contributed by atoms with van der Waals surface area (Å²) < 4.78 is 18.7. The second-order valence-electron chi connectivity index (χ2n) is 3.23. The Morgan fingerprint density at radius 1 is 1.35 bits per heavy atom. The van der Waals surface area contributed by atoms with Crippen molar-refractivity contribution in [3.63, 3.8) is 0 Å². The van der Waals surface area contributed by atoms with Gasteiger partial charge in [0.15, 0.2) is 0 Å². The second kappa shape index (κ2) is 4.89. The molecule has 0 saturated carbocycles. The largest absolute Gasteiger partial charge is 0.437 e. The van der Waals surface area contributed by atoms with Crippen molar-refractivity contribution in [3.05, 3.63) is 45.8 Å². The molecular formula is C11H7BrClFN2O. The van der Waals surface area contributed by atoms with Crippen molar-refractivity contribution in [1.29, 1.82) is 0 Å². The van der Waals surface area contributed by atoms with Crippen LogP contribution in [0.1, 0.15) is 0 Å². The van der Waals surface area contributed by atoms with Gasteiger partial charge in [-0.15, -0.1) is 0 Å². The summed E-state index contributed by atoms with van der Waals surface area (Å²) in [6.45, 7) is 0. The second-order valence-corrected chi connectivity index (χ2v) is 4.52. The highest BCUT2D eigenvalue weighted by Crippen LogP contribution is 2.29. The highest BCUT2D eigenvalue weighted by atomic mass is 79.9. The molecule has 0 aliphatic rings. The third kappa shape index (κ3) is 2.87. The Morgan fingerprint density at radius 2 is 2.12 bits per heavy atom. The van der Waals surface area contributed by atoms with Crippen molar-refractivity contribution >= 4 is 33.2 Å². The first-order valence-electron chi connectivity index (χ1n) is 4.60. The zero-order chi connectivity index (χ0) is 12.4. The Morgan fingerprint density at radius 3 is 2.76 bits per heavy atom. The van der Waals surface area contributed by atoms with Gasteiger partial charge in [-0.25, -0.2) is 9.37 Å². The molecule has 0 saturated heterocycles. The van der Waals surface area contributed by atoms with Crippen molar-refractivity contribution in [1.82, 2.24) is 4.98 Å². The average Bonchev–Trinajstić information content (AvgIpc) is 2.27. The summed E-state index contributed by atoms with van der Waals surface area (Å²) in [6.07, 6.45) is 1.42. The Hall–Kier alpha value is -1.33. The summed E-state index contributed by atoms with van der Waals surface area (Å²) in [5, 5.41) is 0.426. The Balaban J connectivity index is 2.28. The van der Waals surface area contributed by atoms with E-state index in [-0.39, 0.29) is 11.7 Å². The van der Waals surface area contributed by atoms with Gasteiger partial charge < -0.3 is 10.5 Å². The van der Waals surface area contributed by atoms with Crippen molar-refractivity contribution in [2.75, 3.05) is 5.73 Å².